The molecule has 1 N–H and O–H groups in total. The summed E-state index contributed by atoms with van der Waals surface area (Å²) >= 11 is 7.93. The predicted molar refractivity (Wildman–Crippen MR) is 86.9 cm³/mol. The third-order valence-electron chi connectivity index (χ3n) is 2.58. The van der Waals surface area contributed by atoms with E-state index in [0.29, 0.717) is 5.02 Å². The monoisotopic (exact) mass is 439 g/mol. The Kier molecular flexibility index (Phi) is 4.84. The molecule has 21 heavy (non-hydrogen) atoms. The second kappa shape index (κ2) is 6.29. The van der Waals surface area contributed by atoms with Crippen LogP contribution in [0.25, 0.3) is 0 Å². The van der Waals surface area contributed by atoms with Crippen LogP contribution in [0, 0.1) is 3.57 Å². The van der Waals surface area contributed by atoms with Crippen molar-refractivity contribution in [3.63, 3.8) is 0 Å². The highest BCUT2D eigenvalue weighted by molar-refractivity contribution is 14.1. The van der Waals surface area contributed by atoms with Crippen molar-refractivity contribution >= 4 is 56.0 Å². The van der Waals surface area contributed by atoms with Gasteiger partial charge in [0.1, 0.15) is 4.90 Å². The molecule has 0 atom stereocenters. The van der Waals surface area contributed by atoms with Crippen LogP contribution in [0.2, 0.25) is 5.02 Å². The molecule has 0 radical (unpaired) electrons. The third kappa shape index (κ3) is 3.92. The molecule has 2 aromatic rings. The van der Waals surface area contributed by atoms with Crippen molar-refractivity contribution in [2.45, 2.75) is 4.90 Å². The zero-order chi connectivity index (χ0) is 15.6. The molecule has 2 rings (SSSR count). The summed E-state index contributed by atoms with van der Waals surface area (Å²) in [6.45, 7) is 0. The fourth-order valence-corrected chi connectivity index (χ4v) is 2.75. The van der Waals surface area contributed by atoms with Crippen molar-refractivity contribution < 1.29 is 17.1 Å². The summed E-state index contributed by atoms with van der Waals surface area (Å²) in [6, 6.07) is 9.87. The summed E-state index contributed by atoms with van der Waals surface area (Å²) < 4.78 is 36.0. The molecular weight excluding hydrogens is 432 g/mol. The third-order valence-corrected chi connectivity index (χ3v) is 5.03. The molecule has 0 saturated carbocycles. The molecule has 0 saturated heterocycles. The van der Waals surface area contributed by atoms with E-state index < -0.39 is 21.0 Å². The summed E-state index contributed by atoms with van der Waals surface area (Å²) in [5.74, 6) is -0.579. The first-order valence-electron chi connectivity index (χ1n) is 5.59. The van der Waals surface area contributed by atoms with E-state index in [2.05, 4.69) is 5.32 Å². The summed E-state index contributed by atoms with van der Waals surface area (Å²) in [6.07, 6.45) is 0. The number of halogens is 3. The molecule has 1 amide bonds. The van der Waals surface area contributed by atoms with Crippen LogP contribution in [0.15, 0.2) is 47.4 Å². The number of hydrogen-bond acceptors (Lipinski definition) is 3. The number of carbonyl (C=O) groups is 1. The van der Waals surface area contributed by atoms with E-state index in [1.807, 2.05) is 22.6 Å². The van der Waals surface area contributed by atoms with Gasteiger partial charge in [0.05, 0.1) is 10.7 Å². The Balaban J connectivity index is 2.34. The van der Waals surface area contributed by atoms with E-state index in [9.17, 15) is 17.1 Å². The SMILES string of the molecule is O=C(Nc1ccccc1S(=O)(=O)F)c1ccc(I)c(Cl)c1. The molecule has 4 nitrogen and oxygen atoms in total. The van der Waals surface area contributed by atoms with E-state index in [-0.39, 0.29) is 11.3 Å². The molecule has 0 bridgehead atoms. The average Bonchev–Trinajstić information content (AvgIpc) is 2.41. The predicted octanol–water partition coefficient (Wildman–Crippen LogP) is 3.86. The maximum Gasteiger partial charge on any atom is 0.334 e. The number of amides is 1. The second-order valence-corrected chi connectivity index (χ2v) is 6.90. The van der Waals surface area contributed by atoms with Crippen LogP contribution in [0.1, 0.15) is 10.4 Å². The van der Waals surface area contributed by atoms with Crippen LogP contribution in [0.5, 0.6) is 0 Å². The van der Waals surface area contributed by atoms with Gasteiger partial charge in [-0.15, -0.1) is 3.89 Å². The number of anilines is 1. The van der Waals surface area contributed by atoms with Gasteiger partial charge < -0.3 is 5.32 Å². The van der Waals surface area contributed by atoms with E-state index >= 15 is 0 Å². The number of hydrogen-bond donors (Lipinski definition) is 1. The fourth-order valence-electron chi connectivity index (χ4n) is 1.61. The Morgan fingerprint density at radius 1 is 1.19 bits per heavy atom. The van der Waals surface area contributed by atoms with Crippen molar-refractivity contribution in [1.29, 1.82) is 0 Å². The first-order chi connectivity index (χ1) is 9.79. The number of benzene rings is 2. The van der Waals surface area contributed by atoms with E-state index in [1.165, 1.54) is 30.3 Å². The number of nitrogens with one attached hydrogen (secondary N) is 1. The minimum atomic E-state index is -4.92. The van der Waals surface area contributed by atoms with E-state index in [4.69, 9.17) is 11.6 Å². The lowest BCUT2D eigenvalue weighted by Gasteiger charge is -2.09. The Labute approximate surface area is 139 Å². The van der Waals surface area contributed by atoms with Crippen LogP contribution < -0.4 is 5.32 Å². The normalized spacial score (nSPS) is 11.2. The lowest BCUT2D eigenvalue weighted by atomic mass is 10.2. The van der Waals surface area contributed by atoms with Gasteiger partial charge in [-0.1, -0.05) is 23.7 Å². The Morgan fingerprint density at radius 2 is 1.86 bits per heavy atom. The average molecular weight is 440 g/mol. The van der Waals surface area contributed by atoms with Crippen LogP contribution in [-0.4, -0.2) is 14.3 Å². The van der Waals surface area contributed by atoms with Crippen molar-refractivity contribution in [2.24, 2.45) is 0 Å². The van der Waals surface area contributed by atoms with Gasteiger partial charge >= 0.3 is 10.2 Å². The quantitative estimate of drug-likeness (QED) is 0.584. The first kappa shape index (κ1) is 16.2. The Bertz CT molecular complexity index is 811. The zero-order valence-electron chi connectivity index (χ0n) is 10.3. The van der Waals surface area contributed by atoms with Gasteiger partial charge in [-0.05, 0) is 52.9 Å². The van der Waals surface area contributed by atoms with E-state index in [0.717, 1.165) is 9.64 Å². The molecule has 0 fully saturated rings. The zero-order valence-corrected chi connectivity index (χ0v) is 14.0. The topological polar surface area (TPSA) is 63.2 Å². The van der Waals surface area contributed by atoms with Crippen LogP contribution in [0.4, 0.5) is 9.57 Å². The van der Waals surface area contributed by atoms with Crippen molar-refractivity contribution in [3.8, 4) is 0 Å². The summed E-state index contributed by atoms with van der Waals surface area (Å²) in [4.78, 5) is 11.5. The van der Waals surface area contributed by atoms with Crippen LogP contribution in [-0.2, 0) is 10.2 Å². The largest absolute Gasteiger partial charge is 0.334 e. The van der Waals surface area contributed by atoms with Crippen molar-refractivity contribution in [2.75, 3.05) is 5.32 Å². The summed E-state index contributed by atoms with van der Waals surface area (Å²) in [7, 11) is -4.92. The van der Waals surface area contributed by atoms with E-state index in [1.54, 1.807) is 6.07 Å². The standard InChI is InChI=1S/C13H8ClFINO3S/c14-9-7-8(5-6-10(9)16)13(18)17-11-3-1-2-4-12(11)21(15,19)20/h1-7H,(H,17,18). The smallest absolute Gasteiger partial charge is 0.321 e. The van der Waals surface area contributed by atoms with Gasteiger partial charge in [0.2, 0.25) is 0 Å². The van der Waals surface area contributed by atoms with Crippen LogP contribution >= 0.6 is 34.2 Å². The minimum absolute atomic E-state index is 0.125. The highest BCUT2D eigenvalue weighted by Crippen LogP contribution is 2.24. The van der Waals surface area contributed by atoms with Gasteiger partial charge in [-0.3, -0.25) is 4.79 Å². The van der Waals surface area contributed by atoms with Crippen LogP contribution in [0.3, 0.4) is 0 Å². The highest BCUT2D eigenvalue weighted by atomic mass is 127. The summed E-state index contributed by atoms with van der Waals surface area (Å²) in [5.41, 5.74) is 0.117. The maximum atomic E-state index is 13.2. The number of carbonyl (C=O) groups excluding carboxylic acids is 1. The van der Waals surface area contributed by atoms with Gasteiger partial charge in [-0.2, -0.15) is 8.42 Å². The molecule has 0 aliphatic heterocycles. The molecule has 0 aliphatic carbocycles. The molecule has 0 aliphatic rings. The number of rotatable bonds is 3. The summed E-state index contributed by atoms with van der Waals surface area (Å²) in [5, 5.41) is 2.76. The molecular formula is C13H8ClFINO3S. The van der Waals surface area contributed by atoms with Gasteiger partial charge in [0, 0.05) is 9.13 Å². The minimum Gasteiger partial charge on any atom is -0.321 e. The second-order valence-electron chi connectivity index (χ2n) is 4.02. The molecule has 0 aromatic heterocycles. The van der Waals surface area contributed by atoms with Gasteiger partial charge in [0.25, 0.3) is 5.91 Å². The van der Waals surface area contributed by atoms with Crippen molar-refractivity contribution in [3.05, 3.63) is 56.6 Å². The van der Waals surface area contributed by atoms with Crippen molar-refractivity contribution in [1.82, 2.24) is 0 Å². The Hall–Kier alpha value is -1.19. The maximum absolute atomic E-state index is 13.2. The highest BCUT2D eigenvalue weighted by Gasteiger charge is 2.18. The molecule has 0 heterocycles. The molecule has 2 aromatic carbocycles. The lowest BCUT2D eigenvalue weighted by molar-refractivity contribution is 0.102. The Morgan fingerprint density at radius 3 is 2.48 bits per heavy atom. The molecule has 8 heteroatoms. The fraction of sp³-hybridized carbons (Fsp3) is 0. The molecule has 0 unspecified atom stereocenters. The lowest BCUT2D eigenvalue weighted by Crippen LogP contribution is -2.14. The van der Waals surface area contributed by atoms with Gasteiger partial charge in [0.15, 0.2) is 0 Å². The van der Waals surface area contributed by atoms with Gasteiger partial charge in [-0.25, -0.2) is 0 Å². The number of para-hydroxylation sites is 1. The molecule has 110 valence electrons. The molecule has 0 spiro atoms. The first-order valence-corrected chi connectivity index (χ1v) is 8.43.